The molecule has 0 aliphatic carbocycles. The molecular weight excluding hydrogens is 366 g/mol. The lowest BCUT2D eigenvalue weighted by molar-refractivity contribution is -0.142. The molecule has 2 aromatic heterocycles. The Morgan fingerprint density at radius 1 is 1.26 bits per heavy atom. The van der Waals surface area contributed by atoms with Gasteiger partial charge in [0.25, 0.3) is 0 Å². The molecule has 0 radical (unpaired) electrons. The summed E-state index contributed by atoms with van der Waals surface area (Å²) in [6.07, 6.45) is 1.69. The van der Waals surface area contributed by atoms with Crippen molar-refractivity contribution in [1.29, 1.82) is 0 Å². The van der Waals surface area contributed by atoms with E-state index in [1.807, 2.05) is 25.1 Å². The number of hydrogen-bond acceptors (Lipinski definition) is 7. The number of thioether (sulfide) groups is 1. The predicted molar refractivity (Wildman–Crippen MR) is 103 cm³/mol. The molecule has 0 aliphatic rings. The van der Waals surface area contributed by atoms with Gasteiger partial charge in [-0.1, -0.05) is 11.8 Å². The fourth-order valence-electron chi connectivity index (χ4n) is 2.69. The molecule has 0 unspecified atom stereocenters. The molecule has 2 heterocycles. The van der Waals surface area contributed by atoms with Crippen LogP contribution < -0.4 is 9.47 Å². The lowest BCUT2D eigenvalue weighted by Gasteiger charge is -2.14. The van der Waals surface area contributed by atoms with Gasteiger partial charge in [0, 0.05) is 30.5 Å². The topological polar surface area (TPSA) is 86.3 Å². The number of benzene rings is 1. The van der Waals surface area contributed by atoms with E-state index in [0.29, 0.717) is 11.5 Å². The van der Waals surface area contributed by atoms with Gasteiger partial charge in [-0.05, 0) is 19.1 Å². The quantitative estimate of drug-likeness (QED) is 0.489. The van der Waals surface area contributed by atoms with E-state index < -0.39 is 0 Å². The van der Waals surface area contributed by atoms with Crippen LogP contribution in [0.25, 0.3) is 11.0 Å². The molecule has 27 heavy (non-hydrogen) atoms. The molecule has 142 valence electrons. The van der Waals surface area contributed by atoms with Gasteiger partial charge in [0.2, 0.25) is 0 Å². The van der Waals surface area contributed by atoms with Gasteiger partial charge in [-0.3, -0.25) is 9.78 Å². The zero-order valence-electron chi connectivity index (χ0n) is 15.7. The number of pyridine rings is 1. The third-order valence-corrected chi connectivity index (χ3v) is 4.97. The van der Waals surface area contributed by atoms with Crippen LogP contribution in [-0.2, 0) is 21.9 Å². The smallest absolute Gasteiger partial charge is 0.302 e. The van der Waals surface area contributed by atoms with Crippen LogP contribution in [0.15, 0.2) is 29.6 Å². The van der Waals surface area contributed by atoms with Gasteiger partial charge < -0.3 is 19.2 Å². The molecule has 0 bridgehead atoms. The molecule has 0 saturated heterocycles. The maximum Gasteiger partial charge on any atom is 0.302 e. The lowest BCUT2D eigenvalue weighted by Crippen LogP contribution is -2.05. The number of carbonyl (C=O) groups excluding carboxylic acids is 1. The van der Waals surface area contributed by atoms with Gasteiger partial charge in [0.1, 0.15) is 18.1 Å². The first-order valence-electron chi connectivity index (χ1n) is 8.33. The molecule has 7 nitrogen and oxygen atoms in total. The molecule has 0 spiro atoms. The van der Waals surface area contributed by atoms with Gasteiger partial charge in [0.05, 0.1) is 36.5 Å². The number of nitrogens with one attached hydrogen (secondary N) is 1. The van der Waals surface area contributed by atoms with Crippen LogP contribution in [0, 0.1) is 6.92 Å². The number of fused-ring (bicyclic) bond motifs is 1. The van der Waals surface area contributed by atoms with Crippen LogP contribution in [0.5, 0.6) is 11.5 Å². The number of esters is 1. The van der Waals surface area contributed by atoms with Crippen molar-refractivity contribution in [1.82, 2.24) is 15.0 Å². The van der Waals surface area contributed by atoms with E-state index in [4.69, 9.17) is 14.2 Å². The Morgan fingerprint density at radius 3 is 2.78 bits per heavy atom. The Balaban J connectivity index is 1.76. The van der Waals surface area contributed by atoms with Crippen LogP contribution >= 0.6 is 11.8 Å². The van der Waals surface area contributed by atoms with Crippen LogP contribution in [0.4, 0.5) is 0 Å². The molecule has 0 aliphatic heterocycles. The van der Waals surface area contributed by atoms with Crippen LogP contribution in [-0.4, -0.2) is 35.1 Å². The molecule has 8 heteroatoms. The Bertz CT molecular complexity index is 971. The molecular formula is C19H21N3O4S. The Kier molecular flexibility index (Phi) is 5.85. The third-order valence-electron chi connectivity index (χ3n) is 4.09. The number of nitrogens with zero attached hydrogens (tertiary/aromatic N) is 2. The highest BCUT2D eigenvalue weighted by Gasteiger charge is 2.14. The van der Waals surface area contributed by atoms with Crippen LogP contribution in [0.1, 0.15) is 23.7 Å². The van der Waals surface area contributed by atoms with E-state index >= 15 is 0 Å². The highest BCUT2D eigenvalue weighted by molar-refractivity contribution is 7.98. The van der Waals surface area contributed by atoms with E-state index in [0.717, 1.165) is 38.8 Å². The first-order chi connectivity index (χ1) is 13.0. The Hall–Kier alpha value is -2.74. The minimum absolute atomic E-state index is 0.144. The zero-order valence-corrected chi connectivity index (χ0v) is 16.5. The van der Waals surface area contributed by atoms with Crippen molar-refractivity contribution in [2.45, 2.75) is 31.4 Å². The molecule has 0 fully saturated rings. The number of imidazole rings is 1. The van der Waals surface area contributed by atoms with Crippen molar-refractivity contribution >= 4 is 28.8 Å². The molecule has 1 N–H and O–H groups in total. The molecule has 3 aromatic rings. The predicted octanol–water partition coefficient (Wildman–Crippen LogP) is 3.64. The molecule has 0 saturated carbocycles. The summed E-state index contributed by atoms with van der Waals surface area (Å²) in [4.78, 5) is 23.4. The van der Waals surface area contributed by atoms with Crippen molar-refractivity contribution in [2.75, 3.05) is 14.2 Å². The second kappa shape index (κ2) is 8.30. The average molecular weight is 387 g/mol. The Labute approximate surface area is 161 Å². The van der Waals surface area contributed by atoms with Crippen molar-refractivity contribution in [3.8, 4) is 11.5 Å². The normalized spacial score (nSPS) is 10.8. The average Bonchev–Trinajstić information content (AvgIpc) is 3.07. The molecule has 3 rings (SSSR count). The van der Waals surface area contributed by atoms with Gasteiger partial charge in [-0.2, -0.15) is 0 Å². The third kappa shape index (κ3) is 4.33. The SMILES string of the molecule is COc1ccc2nc(SCc3ncc(COC(C)=O)c(OC)c3C)[nH]c2c1. The summed E-state index contributed by atoms with van der Waals surface area (Å²) < 4.78 is 15.8. The van der Waals surface area contributed by atoms with E-state index in [9.17, 15) is 4.79 Å². The molecule has 0 atom stereocenters. The van der Waals surface area contributed by atoms with E-state index in [-0.39, 0.29) is 12.6 Å². The summed E-state index contributed by atoms with van der Waals surface area (Å²) in [7, 11) is 3.24. The summed E-state index contributed by atoms with van der Waals surface area (Å²) >= 11 is 1.56. The fraction of sp³-hybridized carbons (Fsp3) is 0.316. The van der Waals surface area contributed by atoms with Crippen LogP contribution in [0.2, 0.25) is 0 Å². The van der Waals surface area contributed by atoms with Gasteiger partial charge >= 0.3 is 5.97 Å². The highest BCUT2D eigenvalue weighted by Crippen LogP contribution is 2.30. The van der Waals surface area contributed by atoms with Crippen molar-refractivity contribution in [2.24, 2.45) is 0 Å². The summed E-state index contributed by atoms with van der Waals surface area (Å²) in [5, 5.41) is 0.808. The number of H-pyrrole nitrogens is 1. The van der Waals surface area contributed by atoms with Crippen molar-refractivity contribution in [3.63, 3.8) is 0 Å². The van der Waals surface area contributed by atoms with E-state index in [1.165, 1.54) is 6.92 Å². The summed E-state index contributed by atoms with van der Waals surface area (Å²) in [5.74, 6) is 1.77. The maximum absolute atomic E-state index is 11.0. The largest absolute Gasteiger partial charge is 0.497 e. The first kappa shape index (κ1) is 19.0. The number of ether oxygens (including phenoxy) is 3. The van der Waals surface area contributed by atoms with Crippen molar-refractivity contribution < 1.29 is 19.0 Å². The number of aromatic nitrogens is 3. The second-order valence-corrected chi connectivity index (χ2v) is 6.85. The number of hydrogen-bond donors (Lipinski definition) is 1. The summed E-state index contributed by atoms with van der Waals surface area (Å²) in [6, 6.07) is 5.73. The van der Waals surface area contributed by atoms with Crippen molar-refractivity contribution in [3.05, 3.63) is 41.2 Å². The number of carbonyl (C=O) groups is 1. The fourth-order valence-corrected chi connectivity index (χ4v) is 3.60. The first-order valence-corrected chi connectivity index (χ1v) is 9.31. The van der Waals surface area contributed by atoms with Gasteiger partial charge in [0.15, 0.2) is 5.16 Å². The van der Waals surface area contributed by atoms with Gasteiger partial charge in [-0.15, -0.1) is 0 Å². The minimum atomic E-state index is -0.337. The van der Waals surface area contributed by atoms with E-state index in [2.05, 4.69) is 15.0 Å². The zero-order chi connectivity index (χ0) is 19.4. The molecule has 0 amide bonds. The van der Waals surface area contributed by atoms with Crippen LogP contribution in [0.3, 0.4) is 0 Å². The van der Waals surface area contributed by atoms with E-state index in [1.54, 1.807) is 32.2 Å². The standard InChI is InChI=1S/C19H21N3O4S/c1-11-17(20-8-13(18(11)25-4)9-26-12(2)23)10-27-19-21-15-6-5-14(24-3)7-16(15)22-19/h5-8H,9-10H2,1-4H3,(H,21,22). The number of methoxy groups -OCH3 is 2. The monoisotopic (exact) mass is 387 g/mol. The number of rotatable bonds is 7. The summed E-state index contributed by atoms with van der Waals surface area (Å²) in [5.41, 5.74) is 4.37. The summed E-state index contributed by atoms with van der Waals surface area (Å²) in [6.45, 7) is 3.47. The number of aromatic amines is 1. The maximum atomic E-state index is 11.0. The Morgan fingerprint density at radius 2 is 2.07 bits per heavy atom. The van der Waals surface area contributed by atoms with Gasteiger partial charge in [-0.25, -0.2) is 4.98 Å². The minimum Gasteiger partial charge on any atom is -0.497 e. The second-order valence-electron chi connectivity index (χ2n) is 5.88. The lowest BCUT2D eigenvalue weighted by atomic mass is 10.1. The highest BCUT2D eigenvalue weighted by atomic mass is 32.2. The molecule has 1 aromatic carbocycles.